The molecule has 3 atom stereocenters. The van der Waals surface area contributed by atoms with Gasteiger partial charge in [0.25, 0.3) is 0 Å². The number of carboxylic acids is 1. The third kappa shape index (κ3) is 10.4. The number of nitrogens with one attached hydrogen (secondary N) is 3. The predicted molar refractivity (Wildman–Crippen MR) is 162 cm³/mol. The summed E-state index contributed by atoms with van der Waals surface area (Å²) in [6.45, 7) is 0.0938. The van der Waals surface area contributed by atoms with Crippen LogP contribution in [-0.2, 0) is 36.9 Å². The standard InChI is InChI=1S/C32H37N5O7/c38-29(15-14-23-9-3-1-4-10-23)36-27(31(40)41)19-35-30(39)22-43-26-17-25(18-34-28-13-7-8-16-33-28)37(20-26)32(42)44-21-24-11-5-2-6-12-24/h1-13,16,25-27H,14-15,17-22H2,(H,33,34)(H,35,39)(H,36,38)(H,40,41)/t25-,26?,27?/m0/s1. The fraction of sp³-hybridized carbons (Fsp3) is 0.344. The summed E-state index contributed by atoms with van der Waals surface area (Å²) in [5.74, 6) is -1.57. The van der Waals surface area contributed by atoms with Crippen LogP contribution in [0.5, 0.6) is 0 Å². The number of aromatic nitrogens is 1. The van der Waals surface area contributed by atoms with Crippen molar-refractivity contribution < 1.29 is 33.8 Å². The number of aliphatic carboxylic acids is 1. The first kappa shape index (κ1) is 32.0. The van der Waals surface area contributed by atoms with Crippen LogP contribution in [0.3, 0.4) is 0 Å². The number of benzene rings is 2. The number of aryl methyl sites for hydroxylation is 1. The molecule has 44 heavy (non-hydrogen) atoms. The van der Waals surface area contributed by atoms with Gasteiger partial charge in [-0.2, -0.15) is 0 Å². The largest absolute Gasteiger partial charge is 0.480 e. The molecule has 0 bridgehead atoms. The number of carbonyl (C=O) groups excluding carboxylic acids is 3. The molecule has 2 heterocycles. The average molecular weight is 604 g/mol. The van der Waals surface area contributed by atoms with Gasteiger partial charge in [-0.3, -0.25) is 9.59 Å². The second-order valence-electron chi connectivity index (χ2n) is 10.4. The molecule has 1 aliphatic rings. The van der Waals surface area contributed by atoms with Crippen molar-refractivity contribution in [1.29, 1.82) is 0 Å². The van der Waals surface area contributed by atoms with E-state index >= 15 is 0 Å². The average Bonchev–Trinajstić information content (AvgIpc) is 3.47. The van der Waals surface area contributed by atoms with Gasteiger partial charge in [0.05, 0.1) is 18.7 Å². The van der Waals surface area contributed by atoms with Crippen LogP contribution in [0.25, 0.3) is 0 Å². The summed E-state index contributed by atoms with van der Waals surface area (Å²) in [7, 11) is 0. The molecule has 0 saturated carbocycles. The molecular weight excluding hydrogens is 566 g/mol. The zero-order valence-electron chi connectivity index (χ0n) is 24.3. The van der Waals surface area contributed by atoms with Gasteiger partial charge in [0.15, 0.2) is 0 Å². The third-order valence-electron chi connectivity index (χ3n) is 7.07. The van der Waals surface area contributed by atoms with Gasteiger partial charge >= 0.3 is 12.1 Å². The smallest absolute Gasteiger partial charge is 0.410 e. The Morgan fingerprint density at radius 1 is 0.932 bits per heavy atom. The van der Waals surface area contributed by atoms with Gasteiger partial charge in [0.1, 0.15) is 25.1 Å². The number of amides is 3. The highest BCUT2D eigenvalue weighted by molar-refractivity contribution is 5.85. The van der Waals surface area contributed by atoms with Crippen LogP contribution in [0, 0.1) is 0 Å². The second-order valence-corrected chi connectivity index (χ2v) is 10.4. The van der Waals surface area contributed by atoms with Crippen molar-refractivity contribution >= 4 is 29.7 Å². The quantitative estimate of drug-likeness (QED) is 0.205. The summed E-state index contributed by atoms with van der Waals surface area (Å²) >= 11 is 0. The summed E-state index contributed by atoms with van der Waals surface area (Å²) in [6, 6.07) is 22.6. The monoisotopic (exact) mass is 603 g/mol. The molecule has 1 saturated heterocycles. The highest BCUT2D eigenvalue weighted by Gasteiger charge is 2.37. The van der Waals surface area contributed by atoms with Crippen molar-refractivity contribution in [2.45, 2.75) is 44.1 Å². The lowest BCUT2D eigenvalue weighted by Crippen LogP contribution is -2.49. The number of rotatable bonds is 15. The van der Waals surface area contributed by atoms with E-state index in [2.05, 4.69) is 20.9 Å². The number of likely N-dealkylation sites (tertiary alicyclic amines) is 1. The van der Waals surface area contributed by atoms with E-state index < -0.39 is 36.0 Å². The van der Waals surface area contributed by atoms with Gasteiger partial charge in [0, 0.05) is 25.7 Å². The number of carbonyl (C=O) groups is 4. The maximum absolute atomic E-state index is 13.0. The van der Waals surface area contributed by atoms with Gasteiger partial charge in [-0.25, -0.2) is 14.6 Å². The van der Waals surface area contributed by atoms with Crippen molar-refractivity contribution in [1.82, 2.24) is 20.5 Å². The fourth-order valence-electron chi connectivity index (χ4n) is 4.73. The minimum absolute atomic E-state index is 0.118. The van der Waals surface area contributed by atoms with Crippen LogP contribution < -0.4 is 16.0 Å². The van der Waals surface area contributed by atoms with Crippen molar-refractivity contribution in [2.24, 2.45) is 0 Å². The molecule has 3 amide bonds. The van der Waals surface area contributed by atoms with E-state index in [1.165, 1.54) is 0 Å². The number of nitrogens with zero attached hydrogens (tertiary/aromatic N) is 2. The third-order valence-corrected chi connectivity index (χ3v) is 7.07. The summed E-state index contributed by atoms with van der Waals surface area (Å²) < 4.78 is 11.4. The van der Waals surface area contributed by atoms with Crippen LogP contribution in [0.4, 0.5) is 10.6 Å². The Morgan fingerprint density at radius 2 is 1.64 bits per heavy atom. The minimum Gasteiger partial charge on any atom is -0.480 e. The topological polar surface area (TPSA) is 159 Å². The molecule has 3 aromatic rings. The molecule has 4 rings (SSSR count). The molecule has 1 fully saturated rings. The molecule has 12 heteroatoms. The summed E-state index contributed by atoms with van der Waals surface area (Å²) in [4.78, 5) is 55.3. The molecule has 0 spiro atoms. The molecule has 12 nitrogen and oxygen atoms in total. The lowest BCUT2D eigenvalue weighted by molar-refractivity contribution is -0.142. The molecule has 2 aromatic carbocycles. The van der Waals surface area contributed by atoms with E-state index in [0.717, 1.165) is 11.1 Å². The van der Waals surface area contributed by atoms with Crippen molar-refractivity contribution in [3.8, 4) is 0 Å². The summed E-state index contributed by atoms with van der Waals surface area (Å²) in [6.07, 6.45) is 1.75. The Hall–Kier alpha value is -4.97. The molecule has 0 radical (unpaired) electrons. The normalized spacial score (nSPS) is 16.5. The van der Waals surface area contributed by atoms with E-state index in [1.54, 1.807) is 11.1 Å². The first-order chi connectivity index (χ1) is 21.4. The Balaban J connectivity index is 1.24. The van der Waals surface area contributed by atoms with Crippen LogP contribution >= 0.6 is 0 Å². The predicted octanol–water partition coefficient (Wildman–Crippen LogP) is 2.61. The molecule has 1 aliphatic heterocycles. The molecule has 4 N–H and O–H groups in total. The van der Waals surface area contributed by atoms with Gasteiger partial charge in [-0.15, -0.1) is 0 Å². The van der Waals surface area contributed by atoms with Crippen LogP contribution in [0.2, 0.25) is 0 Å². The fourth-order valence-corrected chi connectivity index (χ4v) is 4.73. The van der Waals surface area contributed by atoms with Crippen LogP contribution in [0.1, 0.15) is 24.0 Å². The van der Waals surface area contributed by atoms with E-state index in [0.29, 0.717) is 25.2 Å². The Morgan fingerprint density at radius 3 is 2.32 bits per heavy atom. The highest BCUT2D eigenvalue weighted by Crippen LogP contribution is 2.22. The molecule has 1 aromatic heterocycles. The number of anilines is 1. The van der Waals surface area contributed by atoms with E-state index in [-0.39, 0.29) is 38.8 Å². The first-order valence-corrected chi connectivity index (χ1v) is 14.4. The number of hydrogen-bond donors (Lipinski definition) is 4. The Bertz CT molecular complexity index is 1360. The van der Waals surface area contributed by atoms with Gasteiger partial charge in [0.2, 0.25) is 11.8 Å². The Kier molecular flexibility index (Phi) is 12.1. The SMILES string of the molecule is O=C(COC1C[C@@H](CNc2ccccn2)N(C(=O)OCc2ccccc2)C1)NCC(NC(=O)CCc1ccccc1)C(=O)O. The number of pyridine rings is 1. The maximum Gasteiger partial charge on any atom is 0.410 e. The Labute approximate surface area is 255 Å². The van der Waals surface area contributed by atoms with E-state index in [4.69, 9.17) is 9.47 Å². The molecule has 2 unspecified atom stereocenters. The minimum atomic E-state index is -1.29. The van der Waals surface area contributed by atoms with Crippen molar-refractivity contribution in [3.63, 3.8) is 0 Å². The van der Waals surface area contributed by atoms with E-state index in [1.807, 2.05) is 78.9 Å². The van der Waals surface area contributed by atoms with E-state index in [9.17, 15) is 24.3 Å². The van der Waals surface area contributed by atoms with Gasteiger partial charge in [-0.05, 0) is 36.1 Å². The number of hydrogen-bond acceptors (Lipinski definition) is 8. The molecular formula is C32H37N5O7. The maximum atomic E-state index is 13.0. The van der Waals surface area contributed by atoms with Gasteiger partial charge < -0.3 is 35.4 Å². The van der Waals surface area contributed by atoms with Crippen LogP contribution in [-0.4, -0.2) is 83.3 Å². The second kappa shape index (κ2) is 16.6. The number of ether oxygens (including phenoxy) is 2. The summed E-state index contributed by atoms with van der Waals surface area (Å²) in [5, 5.41) is 17.7. The molecule has 232 valence electrons. The number of carboxylic acid groups (broad SMARTS) is 1. The van der Waals surface area contributed by atoms with Crippen LogP contribution in [0.15, 0.2) is 85.1 Å². The van der Waals surface area contributed by atoms with Crippen molar-refractivity contribution in [2.75, 3.05) is 31.6 Å². The first-order valence-electron chi connectivity index (χ1n) is 14.4. The zero-order valence-corrected chi connectivity index (χ0v) is 24.3. The lowest BCUT2D eigenvalue weighted by Gasteiger charge is -2.24. The zero-order chi connectivity index (χ0) is 31.1. The lowest BCUT2D eigenvalue weighted by atomic mass is 10.1. The molecule has 0 aliphatic carbocycles. The van der Waals surface area contributed by atoms with Gasteiger partial charge in [-0.1, -0.05) is 66.7 Å². The highest BCUT2D eigenvalue weighted by atomic mass is 16.6. The summed E-state index contributed by atoms with van der Waals surface area (Å²) in [5.41, 5.74) is 1.82. The van der Waals surface area contributed by atoms with Crippen molar-refractivity contribution in [3.05, 3.63) is 96.2 Å².